The molecule has 1 aliphatic rings. The normalized spacial score (nSPS) is 17.4. The molecule has 3 rings (SSSR count). The zero-order valence-electron chi connectivity index (χ0n) is 13.7. The van der Waals surface area contributed by atoms with Gasteiger partial charge in [0.25, 0.3) is 0 Å². The fraction of sp³-hybridized carbons (Fsp3) is 0.529. The number of carbonyl (C=O) groups is 1. The number of imidazole rings is 1. The number of para-hydroxylation sites is 1. The van der Waals surface area contributed by atoms with E-state index >= 15 is 0 Å². The molecule has 6 heteroatoms. The zero-order valence-corrected chi connectivity index (χ0v) is 13.7. The van der Waals surface area contributed by atoms with E-state index in [1.807, 2.05) is 36.9 Å². The van der Waals surface area contributed by atoms with Crippen LogP contribution >= 0.6 is 0 Å². The number of rotatable bonds is 3. The maximum Gasteiger partial charge on any atom is 0.317 e. The Bertz CT molecular complexity index is 687. The number of carbonyl (C=O) groups excluding carboxylic acids is 1. The van der Waals surface area contributed by atoms with E-state index in [0.29, 0.717) is 25.6 Å². The van der Waals surface area contributed by atoms with Gasteiger partial charge in [0.1, 0.15) is 5.82 Å². The molecule has 3 N–H and O–H groups in total. The summed E-state index contributed by atoms with van der Waals surface area (Å²) in [5.41, 5.74) is 3.07. The van der Waals surface area contributed by atoms with Crippen molar-refractivity contribution in [2.45, 2.75) is 39.3 Å². The SMILES string of the molecule is Cc1cccc2[nH]c(CNC(=O)N3CCC(C(C)O)CC3)nc12. The number of H-pyrrole nitrogens is 1. The molecule has 1 aromatic carbocycles. The molecule has 1 aliphatic heterocycles. The van der Waals surface area contributed by atoms with Crippen LogP contribution in [-0.4, -0.2) is 45.2 Å². The number of fused-ring (bicyclic) bond motifs is 1. The van der Waals surface area contributed by atoms with Gasteiger partial charge in [-0.3, -0.25) is 0 Å². The van der Waals surface area contributed by atoms with Gasteiger partial charge < -0.3 is 20.3 Å². The lowest BCUT2D eigenvalue weighted by Gasteiger charge is -2.33. The number of amides is 2. The molecule has 0 spiro atoms. The number of aromatic nitrogens is 2. The van der Waals surface area contributed by atoms with Gasteiger partial charge in [0, 0.05) is 13.1 Å². The van der Waals surface area contributed by atoms with E-state index in [4.69, 9.17) is 0 Å². The lowest BCUT2D eigenvalue weighted by Crippen LogP contribution is -2.45. The third kappa shape index (κ3) is 3.47. The molecule has 0 aliphatic carbocycles. The Hall–Kier alpha value is -2.08. The molecule has 0 bridgehead atoms. The number of hydrogen-bond donors (Lipinski definition) is 3. The molecule has 1 saturated heterocycles. The molecular weight excluding hydrogens is 292 g/mol. The molecule has 6 nitrogen and oxygen atoms in total. The first kappa shape index (κ1) is 15.8. The summed E-state index contributed by atoms with van der Waals surface area (Å²) in [5, 5.41) is 12.5. The van der Waals surface area contributed by atoms with Gasteiger partial charge in [0.2, 0.25) is 0 Å². The number of aromatic amines is 1. The van der Waals surface area contributed by atoms with Crippen LogP contribution in [0.2, 0.25) is 0 Å². The second-order valence-corrected chi connectivity index (χ2v) is 6.38. The van der Waals surface area contributed by atoms with Gasteiger partial charge in [-0.15, -0.1) is 0 Å². The van der Waals surface area contributed by atoms with Gasteiger partial charge in [-0.2, -0.15) is 0 Å². The number of likely N-dealkylation sites (tertiary alicyclic amines) is 1. The molecule has 0 saturated carbocycles. The maximum absolute atomic E-state index is 12.2. The number of urea groups is 1. The van der Waals surface area contributed by atoms with Crippen LogP contribution in [0.1, 0.15) is 31.2 Å². The lowest BCUT2D eigenvalue weighted by atomic mass is 9.92. The quantitative estimate of drug-likeness (QED) is 0.812. The largest absolute Gasteiger partial charge is 0.393 e. The molecule has 1 atom stereocenters. The number of piperidine rings is 1. The van der Waals surface area contributed by atoms with Gasteiger partial charge in [-0.1, -0.05) is 12.1 Å². The number of hydrogen-bond acceptors (Lipinski definition) is 3. The minimum atomic E-state index is -0.293. The van der Waals surface area contributed by atoms with Crippen molar-refractivity contribution in [3.8, 4) is 0 Å². The number of aliphatic hydroxyl groups is 1. The fourth-order valence-corrected chi connectivity index (χ4v) is 3.17. The average Bonchev–Trinajstić information content (AvgIpc) is 2.97. The van der Waals surface area contributed by atoms with Crippen LogP contribution in [0, 0.1) is 12.8 Å². The van der Waals surface area contributed by atoms with E-state index in [1.165, 1.54) is 0 Å². The predicted molar refractivity (Wildman–Crippen MR) is 89.0 cm³/mol. The van der Waals surface area contributed by atoms with E-state index in [-0.39, 0.29) is 12.1 Å². The summed E-state index contributed by atoms with van der Waals surface area (Å²) in [6, 6.07) is 5.94. The summed E-state index contributed by atoms with van der Waals surface area (Å²) >= 11 is 0. The molecule has 0 radical (unpaired) electrons. The highest BCUT2D eigenvalue weighted by Gasteiger charge is 2.25. The summed E-state index contributed by atoms with van der Waals surface area (Å²) in [4.78, 5) is 21.8. The van der Waals surface area contributed by atoms with Crippen LogP contribution in [0.25, 0.3) is 11.0 Å². The zero-order chi connectivity index (χ0) is 16.4. The van der Waals surface area contributed by atoms with Gasteiger partial charge in [-0.25, -0.2) is 9.78 Å². The van der Waals surface area contributed by atoms with Gasteiger partial charge >= 0.3 is 6.03 Å². The van der Waals surface area contributed by atoms with E-state index in [2.05, 4.69) is 15.3 Å². The monoisotopic (exact) mass is 316 g/mol. The molecule has 1 fully saturated rings. The molecule has 124 valence electrons. The highest BCUT2D eigenvalue weighted by molar-refractivity contribution is 5.78. The Morgan fingerprint density at radius 2 is 2.22 bits per heavy atom. The third-order valence-corrected chi connectivity index (χ3v) is 4.68. The fourth-order valence-electron chi connectivity index (χ4n) is 3.17. The summed E-state index contributed by atoms with van der Waals surface area (Å²) in [6.45, 7) is 5.63. The van der Waals surface area contributed by atoms with E-state index in [9.17, 15) is 9.90 Å². The first-order chi connectivity index (χ1) is 11.0. The minimum Gasteiger partial charge on any atom is -0.393 e. The lowest BCUT2D eigenvalue weighted by molar-refractivity contribution is 0.0797. The second kappa shape index (κ2) is 6.58. The van der Waals surface area contributed by atoms with Crippen molar-refractivity contribution in [1.82, 2.24) is 20.2 Å². The predicted octanol–water partition coefficient (Wildman–Crippen LogP) is 2.17. The summed E-state index contributed by atoms with van der Waals surface area (Å²) in [5.74, 6) is 1.07. The number of benzene rings is 1. The first-order valence-electron chi connectivity index (χ1n) is 8.19. The molecule has 2 amide bonds. The van der Waals surface area contributed by atoms with Crippen LogP contribution in [0.15, 0.2) is 18.2 Å². The van der Waals surface area contributed by atoms with Crippen LogP contribution in [0.4, 0.5) is 4.79 Å². The Morgan fingerprint density at radius 1 is 1.48 bits per heavy atom. The number of nitrogens with one attached hydrogen (secondary N) is 2. The molecule has 1 unspecified atom stereocenters. The van der Waals surface area contributed by atoms with Crippen molar-refractivity contribution >= 4 is 17.1 Å². The number of nitrogens with zero attached hydrogens (tertiary/aromatic N) is 2. The van der Waals surface area contributed by atoms with Gasteiger partial charge in [0.15, 0.2) is 0 Å². The van der Waals surface area contributed by atoms with E-state index in [0.717, 1.165) is 35.3 Å². The van der Waals surface area contributed by atoms with E-state index in [1.54, 1.807) is 0 Å². The maximum atomic E-state index is 12.2. The number of aryl methyl sites for hydroxylation is 1. The van der Waals surface area contributed by atoms with Crippen LogP contribution in [-0.2, 0) is 6.54 Å². The highest BCUT2D eigenvalue weighted by atomic mass is 16.3. The first-order valence-corrected chi connectivity index (χ1v) is 8.19. The van der Waals surface area contributed by atoms with Crippen molar-refractivity contribution < 1.29 is 9.90 Å². The van der Waals surface area contributed by atoms with Gasteiger partial charge in [0.05, 0.1) is 23.7 Å². The van der Waals surface area contributed by atoms with Crippen molar-refractivity contribution in [2.24, 2.45) is 5.92 Å². The summed E-state index contributed by atoms with van der Waals surface area (Å²) in [6.07, 6.45) is 1.42. The Kier molecular flexibility index (Phi) is 4.52. The Morgan fingerprint density at radius 3 is 2.87 bits per heavy atom. The van der Waals surface area contributed by atoms with E-state index < -0.39 is 0 Å². The van der Waals surface area contributed by atoms with Crippen molar-refractivity contribution in [2.75, 3.05) is 13.1 Å². The highest BCUT2D eigenvalue weighted by Crippen LogP contribution is 2.20. The second-order valence-electron chi connectivity index (χ2n) is 6.38. The van der Waals surface area contributed by atoms with Crippen LogP contribution in [0.3, 0.4) is 0 Å². The number of aliphatic hydroxyl groups excluding tert-OH is 1. The van der Waals surface area contributed by atoms with Crippen LogP contribution < -0.4 is 5.32 Å². The van der Waals surface area contributed by atoms with Gasteiger partial charge in [-0.05, 0) is 44.2 Å². The minimum absolute atomic E-state index is 0.0637. The smallest absolute Gasteiger partial charge is 0.317 e. The molecule has 23 heavy (non-hydrogen) atoms. The van der Waals surface area contributed by atoms with Crippen LogP contribution in [0.5, 0.6) is 0 Å². The standard InChI is InChI=1S/C17H24N4O2/c1-11-4-3-5-14-16(11)20-15(19-14)10-18-17(23)21-8-6-13(7-9-21)12(2)22/h3-5,12-13,22H,6-10H2,1-2H3,(H,18,23)(H,19,20). The Balaban J connectivity index is 1.55. The Labute approximate surface area is 135 Å². The summed E-state index contributed by atoms with van der Waals surface area (Å²) < 4.78 is 0. The summed E-state index contributed by atoms with van der Waals surface area (Å²) in [7, 11) is 0. The topological polar surface area (TPSA) is 81.2 Å². The average molecular weight is 316 g/mol. The molecule has 1 aromatic heterocycles. The molecular formula is C17H24N4O2. The van der Waals surface area contributed by atoms with Crippen molar-refractivity contribution in [3.63, 3.8) is 0 Å². The molecule has 2 aromatic rings. The third-order valence-electron chi connectivity index (χ3n) is 4.68. The molecule has 2 heterocycles. The van der Waals surface area contributed by atoms with Crippen molar-refractivity contribution in [3.05, 3.63) is 29.6 Å². The van der Waals surface area contributed by atoms with Crippen molar-refractivity contribution in [1.29, 1.82) is 0 Å².